The molecule has 1 atom stereocenters. The summed E-state index contributed by atoms with van der Waals surface area (Å²) in [4.78, 5) is 16.3. The van der Waals surface area contributed by atoms with Crippen molar-refractivity contribution in [3.8, 4) is 0 Å². The molecule has 25 heavy (non-hydrogen) atoms. The molecule has 0 unspecified atom stereocenters. The number of rotatable bonds is 3. The van der Waals surface area contributed by atoms with Crippen molar-refractivity contribution in [3.63, 3.8) is 0 Å². The summed E-state index contributed by atoms with van der Waals surface area (Å²) in [5.74, 6) is 1.74. The van der Waals surface area contributed by atoms with Crippen LogP contribution in [-0.2, 0) is 29.8 Å². The highest BCUT2D eigenvalue weighted by molar-refractivity contribution is 8.03. The van der Waals surface area contributed by atoms with Gasteiger partial charge in [-0.25, -0.2) is 0 Å². The number of aryl methyl sites for hydroxylation is 1. The number of fused-ring (bicyclic) bond motifs is 3. The topological polar surface area (TPSA) is 29.1 Å². The van der Waals surface area contributed by atoms with Crippen molar-refractivity contribution in [1.29, 1.82) is 0 Å². The third-order valence-electron chi connectivity index (χ3n) is 5.13. The van der Waals surface area contributed by atoms with E-state index in [-0.39, 0.29) is 5.91 Å². The molecule has 1 N–H and O–H groups in total. The normalized spacial score (nSPS) is 19.0. The number of nitrogens with one attached hydrogen (secondary N) is 1. The largest absolute Gasteiger partial charge is 0.322 e. The van der Waals surface area contributed by atoms with Crippen LogP contribution in [0.4, 0.5) is 5.69 Å². The van der Waals surface area contributed by atoms with E-state index in [1.807, 2.05) is 23.5 Å². The van der Waals surface area contributed by atoms with Gasteiger partial charge in [-0.3, -0.25) is 4.79 Å². The van der Waals surface area contributed by atoms with E-state index in [1.165, 1.54) is 35.3 Å². The lowest BCUT2D eigenvalue weighted by Gasteiger charge is -2.20. The molecule has 0 bridgehead atoms. The Balaban J connectivity index is 1.53. The highest BCUT2D eigenvalue weighted by atomic mass is 32.2. The van der Waals surface area contributed by atoms with Crippen molar-refractivity contribution in [2.75, 3.05) is 5.32 Å². The van der Waals surface area contributed by atoms with E-state index < -0.39 is 0 Å². The second kappa shape index (κ2) is 7.00. The summed E-state index contributed by atoms with van der Waals surface area (Å²) >= 11 is 3.58. The molecule has 0 spiro atoms. The van der Waals surface area contributed by atoms with E-state index >= 15 is 0 Å². The first-order chi connectivity index (χ1) is 12.1. The lowest BCUT2D eigenvalue weighted by Crippen LogP contribution is -2.14. The summed E-state index contributed by atoms with van der Waals surface area (Å²) in [5, 5.41) is 3.04. The molecule has 2 aliphatic rings. The van der Waals surface area contributed by atoms with Gasteiger partial charge in [0, 0.05) is 21.2 Å². The minimum Gasteiger partial charge on any atom is -0.322 e. The Bertz CT molecular complexity index is 832. The quantitative estimate of drug-likeness (QED) is 0.756. The van der Waals surface area contributed by atoms with Crippen LogP contribution in [0.5, 0.6) is 0 Å². The van der Waals surface area contributed by atoms with Gasteiger partial charge in [0.2, 0.25) is 0 Å². The molecular weight excluding hydrogens is 346 g/mol. The molecular formula is C21H23NOS2. The molecule has 0 saturated heterocycles. The van der Waals surface area contributed by atoms with Crippen molar-refractivity contribution < 1.29 is 4.79 Å². The third-order valence-corrected chi connectivity index (χ3v) is 7.42. The Kier molecular flexibility index (Phi) is 4.74. The van der Waals surface area contributed by atoms with E-state index in [0.717, 1.165) is 28.7 Å². The maximum Gasteiger partial charge on any atom is 0.262 e. The smallest absolute Gasteiger partial charge is 0.262 e. The maximum atomic E-state index is 12.6. The lowest BCUT2D eigenvalue weighted by atomic mass is 9.88. The van der Waals surface area contributed by atoms with Crippen molar-refractivity contribution >= 4 is 40.8 Å². The van der Waals surface area contributed by atoms with Gasteiger partial charge in [-0.15, -0.1) is 23.1 Å². The fourth-order valence-electron chi connectivity index (χ4n) is 3.57. The van der Waals surface area contributed by atoms with Crippen LogP contribution in [0.2, 0.25) is 0 Å². The molecule has 1 aromatic heterocycles. The standard InChI is InChI=1S/C21H23NOS2/c1-3-14-5-7-15(8-6-14)22-21(23)20-11-19-17(12-24-20)16-9-4-13(2)10-18(16)25-19/h5-8,11,13H,3-4,9-10,12H2,1-2H3,(H,22,23)/t13-/m0/s1. The molecule has 1 aliphatic carbocycles. The summed E-state index contributed by atoms with van der Waals surface area (Å²) in [6.07, 6.45) is 6.83. The van der Waals surface area contributed by atoms with Crippen molar-refractivity contribution in [2.45, 2.75) is 45.3 Å². The van der Waals surface area contributed by atoms with Gasteiger partial charge in [0.25, 0.3) is 5.91 Å². The van der Waals surface area contributed by atoms with Crippen LogP contribution in [-0.4, -0.2) is 5.91 Å². The lowest BCUT2D eigenvalue weighted by molar-refractivity contribution is -0.112. The number of hydrogen-bond donors (Lipinski definition) is 1. The molecule has 1 aliphatic heterocycles. The molecule has 2 nitrogen and oxygen atoms in total. The fourth-order valence-corrected chi connectivity index (χ4v) is 6.23. The molecule has 0 fully saturated rings. The molecule has 2 aromatic rings. The zero-order valence-corrected chi connectivity index (χ0v) is 16.4. The van der Waals surface area contributed by atoms with Gasteiger partial charge in [0.1, 0.15) is 0 Å². The molecule has 0 radical (unpaired) electrons. The Morgan fingerprint density at radius 1 is 1.24 bits per heavy atom. The highest BCUT2D eigenvalue weighted by Crippen LogP contribution is 2.43. The van der Waals surface area contributed by atoms with Gasteiger partial charge in [-0.1, -0.05) is 26.0 Å². The fraction of sp³-hybridized carbons (Fsp3) is 0.381. The number of anilines is 1. The zero-order valence-electron chi connectivity index (χ0n) is 14.7. The number of carbonyl (C=O) groups is 1. The first-order valence-electron chi connectivity index (χ1n) is 9.02. The van der Waals surface area contributed by atoms with Crippen molar-refractivity contribution in [1.82, 2.24) is 0 Å². The highest BCUT2D eigenvalue weighted by Gasteiger charge is 2.26. The van der Waals surface area contributed by atoms with Crippen LogP contribution in [0.15, 0.2) is 29.2 Å². The first-order valence-corrected chi connectivity index (χ1v) is 10.8. The van der Waals surface area contributed by atoms with Gasteiger partial charge in [-0.05, 0) is 66.5 Å². The molecule has 2 heterocycles. The Morgan fingerprint density at radius 3 is 2.80 bits per heavy atom. The average Bonchev–Trinajstić information content (AvgIpc) is 2.98. The average molecular weight is 370 g/mol. The van der Waals surface area contributed by atoms with Gasteiger partial charge >= 0.3 is 0 Å². The van der Waals surface area contributed by atoms with Crippen LogP contribution >= 0.6 is 23.1 Å². The number of thiophene rings is 1. The number of carbonyl (C=O) groups excluding carboxylic acids is 1. The summed E-state index contributed by atoms with van der Waals surface area (Å²) in [5.41, 5.74) is 5.22. The van der Waals surface area contributed by atoms with Crippen LogP contribution in [0, 0.1) is 5.92 Å². The van der Waals surface area contributed by atoms with Gasteiger partial charge in [0.05, 0.1) is 4.91 Å². The monoisotopic (exact) mass is 369 g/mol. The molecule has 4 rings (SSSR count). The van der Waals surface area contributed by atoms with Crippen molar-refractivity contribution in [2.24, 2.45) is 5.92 Å². The maximum absolute atomic E-state index is 12.6. The minimum atomic E-state index is 0.0136. The predicted molar refractivity (Wildman–Crippen MR) is 109 cm³/mol. The number of amides is 1. The van der Waals surface area contributed by atoms with Crippen molar-refractivity contribution in [3.05, 3.63) is 55.6 Å². The van der Waals surface area contributed by atoms with E-state index in [2.05, 4.69) is 37.4 Å². The van der Waals surface area contributed by atoms with Crippen LogP contribution in [0.25, 0.3) is 6.08 Å². The second-order valence-electron chi connectivity index (χ2n) is 7.00. The molecule has 4 heteroatoms. The minimum absolute atomic E-state index is 0.0136. The van der Waals surface area contributed by atoms with Crippen LogP contribution in [0.3, 0.4) is 0 Å². The third kappa shape index (κ3) is 3.42. The second-order valence-corrected chi connectivity index (χ2v) is 9.15. The van der Waals surface area contributed by atoms with Gasteiger partial charge in [0.15, 0.2) is 0 Å². The van der Waals surface area contributed by atoms with E-state index in [0.29, 0.717) is 0 Å². The summed E-state index contributed by atoms with van der Waals surface area (Å²) < 4.78 is 0. The van der Waals surface area contributed by atoms with Gasteiger partial charge in [-0.2, -0.15) is 0 Å². The molecule has 0 saturated carbocycles. The number of hydrogen-bond acceptors (Lipinski definition) is 3. The Morgan fingerprint density at radius 2 is 2.04 bits per heavy atom. The summed E-state index contributed by atoms with van der Waals surface area (Å²) in [6.45, 7) is 4.48. The predicted octanol–water partition coefficient (Wildman–Crippen LogP) is 5.66. The van der Waals surface area contributed by atoms with E-state index in [9.17, 15) is 4.79 Å². The molecule has 1 aromatic carbocycles. The summed E-state index contributed by atoms with van der Waals surface area (Å²) in [7, 11) is 0. The Hall–Kier alpha value is -1.52. The Labute approximate surface area is 157 Å². The number of benzene rings is 1. The van der Waals surface area contributed by atoms with Crippen LogP contribution < -0.4 is 5.32 Å². The SMILES string of the molecule is CCc1ccc(NC(=O)C2=Cc3sc4c(c3CS2)CC[C@H](C)C4)cc1. The molecule has 130 valence electrons. The summed E-state index contributed by atoms with van der Waals surface area (Å²) in [6, 6.07) is 8.12. The number of thioether (sulfide) groups is 1. The van der Waals surface area contributed by atoms with E-state index in [1.54, 1.807) is 22.2 Å². The molecule has 1 amide bonds. The van der Waals surface area contributed by atoms with E-state index in [4.69, 9.17) is 0 Å². The first kappa shape index (κ1) is 16.9. The van der Waals surface area contributed by atoms with Gasteiger partial charge < -0.3 is 5.32 Å². The van der Waals surface area contributed by atoms with Crippen LogP contribution in [0.1, 0.15) is 46.7 Å². The zero-order chi connectivity index (χ0) is 17.4.